The van der Waals surface area contributed by atoms with Gasteiger partial charge in [-0.1, -0.05) is 0 Å². The van der Waals surface area contributed by atoms with Crippen LogP contribution in [0.3, 0.4) is 0 Å². The van der Waals surface area contributed by atoms with Crippen LogP contribution in [0.4, 0.5) is 8.78 Å². The van der Waals surface area contributed by atoms with Gasteiger partial charge in [0.15, 0.2) is 0 Å². The van der Waals surface area contributed by atoms with Crippen molar-refractivity contribution in [3.8, 4) is 0 Å². The molecule has 0 aliphatic carbocycles. The predicted octanol–water partition coefficient (Wildman–Crippen LogP) is 4.15. The minimum atomic E-state index is -2.54. The fourth-order valence-electron chi connectivity index (χ4n) is 0.631. The van der Waals surface area contributed by atoms with E-state index < -0.39 is 6.43 Å². The van der Waals surface area contributed by atoms with Crippen molar-refractivity contribution in [1.82, 2.24) is 4.98 Å². The van der Waals surface area contributed by atoms with Crippen molar-refractivity contribution in [1.29, 1.82) is 0 Å². The molecule has 0 aliphatic heterocycles. The van der Waals surface area contributed by atoms with Crippen LogP contribution in [0, 0.1) is 3.57 Å². The fraction of sp³-hybridized carbons (Fsp3) is 0.167. The van der Waals surface area contributed by atoms with Crippen LogP contribution in [0.2, 0.25) is 0 Å². The lowest BCUT2D eigenvalue weighted by atomic mass is 10.4. The first-order valence-electron chi connectivity index (χ1n) is 2.82. The zero-order chi connectivity index (χ0) is 9.30. The molecule has 0 saturated heterocycles. The molecule has 0 atom stereocenters. The minimum absolute atomic E-state index is 0.197. The van der Waals surface area contributed by atoms with E-state index in [4.69, 9.17) is 0 Å². The molecule has 66 valence electrons. The number of hydrogen-bond acceptors (Lipinski definition) is 1. The van der Waals surface area contributed by atoms with Crippen LogP contribution in [0.5, 0.6) is 0 Å². The van der Waals surface area contributed by atoms with Gasteiger partial charge in [-0.3, -0.25) is 0 Å². The smallest absolute Gasteiger partial charge is 0.239 e. The molecule has 0 N–H and O–H groups in total. The predicted molar refractivity (Wildman–Crippen MR) is 57.3 cm³/mol. The molecule has 6 heteroatoms. The molecule has 1 nitrogen and oxygen atoms in total. The molecule has 12 heavy (non-hydrogen) atoms. The molecule has 1 aromatic rings. The van der Waals surface area contributed by atoms with Gasteiger partial charge < -0.3 is 0 Å². The number of alkyl halides is 2. The van der Waals surface area contributed by atoms with Gasteiger partial charge in [-0.05, 0) is 60.5 Å². The number of rotatable bonds is 1. The highest BCUT2D eigenvalue weighted by atomic mass is 127. The van der Waals surface area contributed by atoms with Crippen molar-refractivity contribution in [2.45, 2.75) is 6.43 Å². The van der Waals surface area contributed by atoms with Crippen molar-refractivity contribution in [3.05, 3.63) is 24.4 Å². The first kappa shape index (κ1) is 10.8. The van der Waals surface area contributed by atoms with Crippen molar-refractivity contribution in [2.24, 2.45) is 0 Å². The maximum Gasteiger partial charge on any atom is 0.281 e. The van der Waals surface area contributed by atoms with Crippen molar-refractivity contribution in [2.75, 3.05) is 0 Å². The highest BCUT2D eigenvalue weighted by Crippen LogP contribution is 2.30. The Kier molecular flexibility index (Phi) is 3.84. The molecule has 0 amide bonds. The van der Waals surface area contributed by atoms with E-state index in [1.807, 2.05) is 22.6 Å². The Balaban J connectivity index is 3.28. The molecule has 0 spiro atoms. The lowest BCUT2D eigenvalue weighted by Crippen LogP contribution is -1.95. The van der Waals surface area contributed by atoms with Gasteiger partial charge in [0.2, 0.25) is 0 Å². The van der Waals surface area contributed by atoms with Crippen LogP contribution in [0.15, 0.2) is 15.1 Å². The maximum absolute atomic E-state index is 12.3. The van der Waals surface area contributed by atoms with E-state index in [2.05, 4.69) is 36.8 Å². The van der Waals surface area contributed by atoms with Gasteiger partial charge in [0.05, 0.1) is 3.57 Å². The third-order valence-corrected chi connectivity index (χ3v) is 4.02. The monoisotopic (exact) mass is 411 g/mol. The molecular formula is C6H2Br2F2IN. The summed E-state index contributed by atoms with van der Waals surface area (Å²) >= 11 is 8.02. The van der Waals surface area contributed by atoms with Gasteiger partial charge in [0, 0.05) is 4.47 Å². The highest BCUT2D eigenvalue weighted by Gasteiger charge is 2.16. The summed E-state index contributed by atoms with van der Waals surface area (Å²) in [5.41, 5.74) is -0.197. The number of pyridine rings is 1. The van der Waals surface area contributed by atoms with Gasteiger partial charge >= 0.3 is 0 Å². The van der Waals surface area contributed by atoms with Crippen molar-refractivity contribution < 1.29 is 8.78 Å². The van der Waals surface area contributed by atoms with E-state index in [-0.39, 0.29) is 5.69 Å². The van der Waals surface area contributed by atoms with Crippen molar-refractivity contribution >= 4 is 54.5 Å². The highest BCUT2D eigenvalue weighted by molar-refractivity contribution is 14.1. The Labute approximate surface area is 98.3 Å². The first-order chi connectivity index (χ1) is 5.52. The molecule has 0 unspecified atom stereocenters. The molecule has 1 aromatic heterocycles. The Morgan fingerprint density at radius 1 is 1.42 bits per heavy atom. The first-order valence-corrected chi connectivity index (χ1v) is 5.48. The molecule has 1 rings (SSSR count). The van der Waals surface area contributed by atoms with Crippen LogP contribution in [-0.4, -0.2) is 4.98 Å². The van der Waals surface area contributed by atoms with Crippen LogP contribution in [0.25, 0.3) is 0 Å². The van der Waals surface area contributed by atoms with Gasteiger partial charge in [-0.2, -0.15) is 0 Å². The maximum atomic E-state index is 12.3. The Morgan fingerprint density at radius 2 is 2.00 bits per heavy atom. The molecular weight excluding hydrogens is 411 g/mol. The van der Waals surface area contributed by atoms with Crippen LogP contribution >= 0.6 is 54.5 Å². The van der Waals surface area contributed by atoms with Crippen LogP contribution < -0.4 is 0 Å². The fourth-order valence-corrected chi connectivity index (χ4v) is 2.29. The number of halogens is 5. The van der Waals surface area contributed by atoms with E-state index in [1.54, 1.807) is 6.07 Å². The van der Waals surface area contributed by atoms with Gasteiger partial charge in [-0.25, -0.2) is 13.8 Å². The number of aromatic nitrogens is 1. The van der Waals surface area contributed by atoms with Crippen molar-refractivity contribution in [3.63, 3.8) is 0 Å². The summed E-state index contributed by atoms with van der Waals surface area (Å²) in [6, 6.07) is 1.63. The zero-order valence-corrected chi connectivity index (χ0v) is 10.8. The second-order valence-corrected chi connectivity index (χ2v) is 4.67. The van der Waals surface area contributed by atoms with E-state index in [1.165, 1.54) is 0 Å². The summed E-state index contributed by atoms with van der Waals surface area (Å²) in [7, 11) is 0. The van der Waals surface area contributed by atoms with E-state index in [9.17, 15) is 8.78 Å². The molecule has 0 saturated carbocycles. The SMILES string of the molecule is FC(F)c1nc(Br)cc(Br)c1I. The Bertz CT molecular complexity index is 306. The van der Waals surface area contributed by atoms with Gasteiger partial charge in [-0.15, -0.1) is 0 Å². The van der Waals surface area contributed by atoms with E-state index in [0.717, 1.165) is 0 Å². The van der Waals surface area contributed by atoms with Crippen LogP contribution in [-0.2, 0) is 0 Å². The Morgan fingerprint density at radius 3 is 2.50 bits per heavy atom. The number of nitrogens with zero attached hydrogens (tertiary/aromatic N) is 1. The minimum Gasteiger partial charge on any atom is -0.239 e. The lowest BCUT2D eigenvalue weighted by Gasteiger charge is -2.04. The van der Waals surface area contributed by atoms with Crippen LogP contribution in [0.1, 0.15) is 12.1 Å². The third-order valence-electron chi connectivity index (χ3n) is 1.11. The molecule has 0 fully saturated rings. The normalized spacial score (nSPS) is 10.8. The average molecular weight is 413 g/mol. The summed E-state index contributed by atoms with van der Waals surface area (Å²) < 4.78 is 26.0. The summed E-state index contributed by atoms with van der Waals surface area (Å²) in [6.07, 6.45) is -2.54. The summed E-state index contributed by atoms with van der Waals surface area (Å²) in [5.74, 6) is 0. The molecule has 0 radical (unpaired) electrons. The third kappa shape index (κ3) is 2.35. The van der Waals surface area contributed by atoms with Gasteiger partial charge in [0.1, 0.15) is 10.3 Å². The quantitative estimate of drug-likeness (QED) is 0.499. The molecule has 0 aliphatic rings. The molecule has 0 bridgehead atoms. The standard InChI is InChI=1S/C6H2Br2F2IN/c7-2-1-3(8)12-5(4(2)11)6(9)10/h1,6H. The largest absolute Gasteiger partial charge is 0.281 e. The summed E-state index contributed by atoms with van der Waals surface area (Å²) in [6.45, 7) is 0. The lowest BCUT2D eigenvalue weighted by molar-refractivity contribution is 0.144. The molecule has 1 heterocycles. The second kappa shape index (κ2) is 4.28. The Hall–Kier alpha value is 0.700. The topological polar surface area (TPSA) is 12.9 Å². The van der Waals surface area contributed by atoms with E-state index >= 15 is 0 Å². The number of hydrogen-bond donors (Lipinski definition) is 0. The zero-order valence-electron chi connectivity index (χ0n) is 5.49. The van der Waals surface area contributed by atoms with Gasteiger partial charge in [0.25, 0.3) is 6.43 Å². The molecule has 0 aromatic carbocycles. The summed E-state index contributed by atoms with van der Waals surface area (Å²) in [5, 5.41) is 0. The average Bonchev–Trinajstić information content (AvgIpc) is 1.96. The second-order valence-electron chi connectivity index (χ2n) is 1.93. The summed E-state index contributed by atoms with van der Waals surface area (Å²) in [4.78, 5) is 3.66. The van der Waals surface area contributed by atoms with E-state index in [0.29, 0.717) is 12.6 Å².